The summed E-state index contributed by atoms with van der Waals surface area (Å²) in [6.45, 7) is 0.309. The van der Waals surface area contributed by atoms with Gasteiger partial charge in [0.2, 0.25) is 10.0 Å². The Labute approximate surface area is 126 Å². The second-order valence-corrected chi connectivity index (χ2v) is 7.52. The van der Waals surface area contributed by atoms with E-state index in [1.807, 2.05) is 0 Å². The molecule has 0 radical (unpaired) electrons. The number of nitrogens with two attached hydrogens (primary N) is 1. The minimum absolute atomic E-state index is 0.0284. The Bertz CT molecular complexity index is 663. The average molecular weight is 335 g/mol. The van der Waals surface area contributed by atoms with Crippen LogP contribution in [0.4, 0.5) is 0 Å². The maximum absolute atomic E-state index is 12.0. The number of rotatable bonds is 5. The summed E-state index contributed by atoms with van der Waals surface area (Å²) in [5.41, 5.74) is 5.85. The first-order chi connectivity index (χ1) is 9.36. The topological polar surface area (TPSA) is 89.3 Å². The van der Waals surface area contributed by atoms with Gasteiger partial charge in [0.25, 0.3) is 0 Å². The second-order valence-electron chi connectivity index (χ2n) is 3.83. The van der Waals surface area contributed by atoms with Gasteiger partial charge in [0.05, 0.1) is 11.6 Å². The zero-order valence-corrected chi connectivity index (χ0v) is 13.2. The summed E-state index contributed by atoms with van der Waals surface area (Å²) >= 11 is 5.96. The highest BCUT2D eigenvalue weighted by Crippen LogP contribution is 2.22. The molecule has 1 atom stereocenters. The summed E-state index contributed by atoms with van der Waals surface area (Å²) in [5, 5.41) is 0.0824. The maximum Gasteiger partial charge on any atom is 0.242 e. The molecule has 5 nitrogen and oxygen atoms in total. The third kappa shape index (κ3) is 5.23. The van der Waals surface area contributed by atoms with Gasteiger partial charge in [-0.2, -0.15) is 0 Å². The van der Waals surface area contributed by atoms with Crippen LogP contribution < -0.4 is 10.5 Å². The Balaban J connectivity index is 2.93. The van der Waals surface area contributed by atoms with E-state index in [-0.39, 0.29) is 28.8 Å². The van der Waals surface area contributed by atoms with Gasteiger partial charge in [-0.25, -0.2) is 13.1 Å². The normalized spacial score (nSPS) is 12.6. The van der Waals surface area contributed by atoms with Crippen molar-refractivity contribution >= 4 is 32.4 Å². The van der Waals surface area contributed by atoms with E-state index in [1.165, 1.54) is 18.4 Å². The SMILES string of the molecule is CS(=O)CCNS(=O)(=O)c1ccc(C#CCN)cc1Cl. The van der Waals surface area contributed by atoms with Gasteiger partial charge in [-0.05, 0) is 18.2 Å². The molecule has 0 aliphatic heterocycles. The average Bonchev–Trinajstić information content (AvgIpc) is 2.35. The molecule has 1 unspecified atom stereocenters. The quantitative estimate of drug-likeness (QED) is 0.758. The molecule has 1 aromatic rings. The molecular formula is C12H15ClN2O3S2. The minimum Gasteiger partial charge on any atom is -0.320 e. The summed E-state index contributed by atoms with van der Waals surface area (Å²) in [4.78, 5) is -0.0284. The predicted octanol–water partition coefficient (Wildman–Crippen LogP) is 0.307. The first-order valence-corrected chi connectivity index (χ1v) is 9.24. The summed E-state index contributed by atoms with van der Waals surface area (Å²) in [5.74, 6) is 5.67. The number of hydrogen-bond acceptors (Lipinski definition) is 4. The van der Waals surface area contributed by atoms with E-state index in [9.17, 15) is 12.6 Å². The molecule has 0 spiro atoms. The summed E-state index contributed by atoms with van der Waals surface area (Å²) in [6.07, 6.45) is 1.51. The van der Waals surface area contributed by atoms with Crippen LogP contribution in [0, 0.1) is 11.8 Å². The van der Waals surface area contributed by atoms with E-state index in [0.29, 0.717) is 5.56 Å². The molecule has 1 rings (SSSR count). The van der Waals surface area contributed by atoms with Gasteiger partial charge in [-0.15, -0.1) is 0 Å². The molecular weight excluding hydrogens is 320 g/mol. The van der Waals surface area contributed by atoms with Crippen LogP contribution in [0.15, 0.2) is 23.1 Å². The molecule has 3 N–H and O–H groups in total. The van der Waals surface area contributed by atoms with Crippen LogP contribution >= 0.6 is 11.6 Å². The van der Waals surface area contributed by atoms with Crippen LogP contribution in [0.5, 0.6) is 0 Å². The lowest BCUT2D eigenvalue weighted by atomic mass is 10.2. The second kappa shape index (κ2) is 7.76. The Morgan fingerprint density at radius 2 is 2.15 bits per heavy atom. The summed E-state index contributed by atoms with van der Waals surface area (Å²) < 4.78 is 37.3. The third-order valence-electron chi connectivity index (χ3n) is 2.24. The van der Waals surface area contributed by atoms with Crippen LogP contribution in [0.25, 0.3) is 0 Å². The Morgan fingerprint density at radius 3 is 2.70 bits per heavy atom. The molecule has 0 amide bonds. The van der Waals surface area contributed by atoms with Crippen molar-refractivity contribution in [3.05, 3.63) is 28.8 Å². The number of nitrogens with one attached hydrogen (secondary N) is 1. The van der Waals surface area contributed by atoms with Gasteiger partial charge in [-0.1, -0.05) is 23.4 Å². The molecule has 0 saturated heterocycles. The van der Waals surface area contributed by atoms with Crippen molar-refractivity contribution in [3.63, 3.8) is 0 Å². The van der Waals surface area contributed by atoms with Crippen molar-refractivity contribution in [2.75, 3.05) is 25.1 Å². The fourth-order valence-electron chi connectivity index (χ4n) is 1.35. The largest absolute Gasteiger partial charge is 0.320 e. The lowest BCUT2D eigenvalue weighted by Crippen LogP contribution is -2.28. The van der Waals surface area contributed by atoms with Crippen LogP contribution in [0.1, 0.15) is 5.56 Å². The molecule has 0 heterocycles. The van der Waals surface area contributed by atoms with Crippen molar-refractivity contribution in [2.24, 2.45) is 5.73 Å². The zero-order chi connectivity index (χ0) is 15.2. The van der Waals surface area contributed by atoms with E-state index < -0.39 is 20.8 Å². The number of hydrogen-bond donors (Lipinski definition) is 2. The molecule has 0 saturated carbocycles. The molecule has 110 valence electrons. The van der Waals surface area contributed by atoms with E-state index in [1.54, 1.807) is 6.07 Å². The van der Waals surface area contributed by atoms with E-state index in [2.05, 4.69) is 16.6 Å². The Kier molecular flexibility index (Phi) is 6.65. The zero-order valence-electron chi connectivity index (χ0n) is 10.8. The third-order valence-corrected chi connectivity index (χ3v) is 4.96. The lowest BCUT2D eigenvalue weighted by molar-refractivity contribution is 0.584. The predicted molar refractivity (Wildman–Crippen MR) is 81.5 cm³/mol. The standard InChI is InChI=1S/C12H15ClN2O3S2/c1-19(16)8-7-15-20(17,18)12-5-4-10(3-2-6-14)9-11(12)13/h4-5,9,15H,6-8,14H2,1H3. The van der Waals surface area contributed by atoms with Crippen LogP contribution in [-0.2, 0) is 20.8 Å². The van der Waals surface area contributed by atoms with Gasteiger partial charge in [0.15, 0.2) is 0 Å². The molecule has 8 heteroatoms. The first kappa shape index (κ1) is 17.1. The van der Waals surface area contributed by atoms with Crippen molar-refractivity contribution in [2.45, 2.75) is 4.90 Å². The maximum atomic E-state index is 12.0. The summed E-state index contributed by atoms with van der Waals surface area (Å²) in [7, 11) is -4.77. The van der Waals surface area contributed by atoms with Gasteiger partial charge in [0.1, 0.15) is 4.90 Å². The van der Waals surface area contributed by atoms with E-state index in [4.69, 9.17) is 17.3 Å². The van der Waals surface area contributed by atoms with Gasteiger partial charge in [-0.3, -0.25) is 4.21 Å². The van der Waals surface area contributed by atoms with Crippen molar-refractivity contribution in [1.82, 2.24) is 4.72 Å². The van der Waals surface area contributed by atoms with E-state index >= 15 is 0 Å². The minimum atomic E-state index is -3.71. The number of sulfonamides is 1. The Morgan fingerprint density at radius 1 is 1.45 bits per heavy atom. The highest BCUT2D eigenvalue weighted by atomic mass is 35.5. The molecule has 0 fully saturated rings. The van der Waals surface area contributed by atoms with Crippen LogP contribution in [0.2, 0.25) is 5.02 Å². The fraction of sp³-hybridized carbons (Fsp3) is 0.333. The first-order valence-electron chi connectivity index (χ1n) is 5.65. The Hall–Kier alpha value is -0.910. The smallest absolute Gasteiger partial charge is 0.242 e. The lowest BCUT2D eigenvalue weighted by Gasteiger charge is -2.08. The molecule has 0 aromatic heterocycles. The highest BCUT2D eigenvalue weighted by molar-refractivity contribution is 7.89. The fourth-order valence-corrected chi connectivity index (χ4v) is 3.44. The van der Waals surface area contributed by atoms with Crippen molar-refractivity contribution in [1.29, 1.82) is 0 Å². The molecule has 1 aromatic carbocycles. The van der Waals surface area contributed by atoms with Crippen LogP contribution in [-0.4, -0.2) is 37.7 Å². The molecule has 20 heavy (non-hydrogen) atoms. The van der Waals surface area contributed by atoms with Crippen molar-refractivity contribution < 1.29 is 12.6 Å². The van der Waals surface area contributed by atoms with Gasteiger partial charge in [0, 0.05) is 34.9 Å². The summed E-state index contributed by atoms with van der Waals surface area (Å²) in [6, 6.07) is 4.41. The molecule has 0 aliphatic carbocycles. The number of benzene rings is 1. The van der Waals surface area contributed by atoms with Crippen LogP contribution in [0.3, 0.4) is 0 Å². The van der Waals surface area contributed by atoms with Crippen molar-refractivity contribution in [3.8, 4) is 11.8 Å². The monoisotopic (exact) mass is 334 g/mol. The molecule has 0 aliphatic rings. The van der Waals surface area contributed by atoms with E-state index in [0.717, 1.165) is 0 Å². The highest BCUT2D eigenvalue weighted by Gasteiger charge is 2.17. The van der Waals surface area contributed by atoms with Gasteiger partial charge < -0.3 is 5.73 Å². The number of halogens is 1. The van der Waals surface area contributed by atoms with Gasteiger partial charge >= 0.3 is 0 Å². The molecule has 0 bridgehead atoms.